The zero-order chi connectivity index (χ0) is 17.1. The van der Waals surface area contributed by atoms with E-state index in [0.717, 1.165) is 46.0 Å². The molecule has 2 aromatic rings. The van der Waals surface area contributed by atoms with Gasteiger partial charge in [-0.25, -0.2) is 0 Å². The third kappa shape index (κ3) is 2.37. The van der Waals surface area contributed by atoms with Crippen LogP contribution in [0.15, 0.2) is 70.5 Å². The lowest BCUT2D eigenvalue weighted by Gasteiger charge is -2.24. The molecule has 4 unspecified atom stereocenters. The molecule has 0 radical (unpaired) electrons. The van der Waals surface area contributed by atoms with Crippen molar-refractivity contribution in [2.75, 3.05) is 0 Å². The lowest BCUT2D eigenvalue weighted by Crippen LogP contribution is -2.20. The Morgan fingerprint density at radius 1 is 0.500 bits per heavy atom. The van der Waals surface area contributed by atoms with Gasteiger partial charge in [-0.15, -0.1) is 23.5 Å². The quantitative estimate of drug-likeness (QED) is 0.586. The average Bonchev–Trinajstić information content (AvgIpc) is 3.40. The maximum Gasteiger partial charge on any atom is 0.0157 e. The molecule has 0 bridgehead atoms. The number of thioether (sulfide) groups is 2. The van der Waals surface area contributed by atoms with Crippen molar-refractivity contribution in [2.45, 2.75) is 46.0 Å². The van der Waals surface area contributed by atoms with Gasteiger partial charge in [0, 0.05) is 20.3 Å². The summed E-state index contributed by atoms with van der Waals surface area (Å²) in [5.74, 6) is 6.03. The van der Waals surface area contributed by atoms with Crippen LogP contribution in [0.3, 0.4) is 0 Å². The van der Waals surface area contributed by atoms with Gasteiger partial charge in [-0.05, 0) is 85.5 Å². The Morgan fingerprint density at radius 3 is 1.19 bits per heavy atom. The van der Waals surface area contributed by atoms with E-state index in [4.69, 9.17) is 0 Å². The smallest absolute Gasteiger partial charge is 0.0157 e. The van der Waals surface area contributed by atoms with Gasteiger partial charge in [0.1, 0.15) is 0 Å². The third-order valence-corrected chi connectivity index (χ3v) is 10.8. The Morgan fingerprint density at radius 2 is 0.846 bits per heavy atom. The molecule has 0 saturated heterocycles. The van der Waals surface area contributed by atoms with Crippen LogP contribution in [0.5, 0.6) is 0 Å². The molecule has 0 aliphatic heterocycles. The first-order chi connectivity index (χ1) is 12.9. The van der Waals surface area contributed by atoms with Crippen molar-refractivity contribution in [3.05, 3.63) is 60.7 Å². The fraction of sp³-hybridized carbons (Fsp3) is 0.500. The summed E-state index contributed by atoms with van der Waals surface area (Å²) in [4.78, 5) is 3.00. The maximum atomic E-state index is 2.33. The van der Waals surface area contributed by atoms with Crippen LogP contribution in [-0.4, -0.2) is 10.5 Å². The molecule has 4 saturated carbocycles. The van der Waals surface area contributed by atoms with Crippen molar-refractivity contribution < 1.29 is 0 Å². The highest BCUT2D eigenvalue weighted by molar-refractivity contribution is 8.00. The number of hydrogen-bond acceptors (Lipinski definition) is 2. The Kier molecular flexibility index (Phi) is 3.93. The summed E-state index contributed by atoms with van der Waals surface area (Å²) in [6.07, 6.45) is 5.97. The van der Waals surface area contributed by atoms with Gasteiger partial charge in [-0.1, -0.05) is 36.4 Å². The molecular formula is C24H26S2. The van der Waals surface area contributed by atoms with Crippen molar-refractivity contribution in [3.63, 3.8) is 0 Å². The molecule has 134 valence electrons. The Bertz CT molecular complexity index is 682. The zero-order valence-corrected chi connectivity index (χ0v) is 16.7. The summed E-state index contributed by atoms with van der Waals surface area (Å²) in [5.41, 5.74) is 0. The van der Waals surface area contributed by atoms with E-state index in [2.05, 4.69) is 84.2 Å². The lowest BCUT2D eigenvalue weighted by atomic mass is 9.90. The van der Waals surface area contributed by atoms with E-state index in [-0.39, 0.29) is 0 Å². The Balaban J connectivity index is 1.27. The highest BCUT2D eigenvalue weighted by atomic mass is 32.2. The van der Waals surface area contributed by atoms with E-state index < -0.39 is 0 Å². The van der Waals surface area contributed by atoms with E-state index in [1.807, 2.05) is 0 Å². The molecule has 8 atom stereocenters. The SMILES string of the molecule is c1ccc(SC2[C@H]3CC[C@@H]4C(Sc5ccccc5)[C@@H]5CC[C@H]2C5C34)cc1. The van der Waals surface area contributed by atoms with Gasteiger partial charge >= 0.3 is 0 Å². The first-order valence-corrected chi connectivity index (χ1v) is 12.1. The van der Waals surface area contributed by atoms with Crippen molar-refractivity contribution in [1.82, 2.24) is 0 Å². The third-order valence-electron chi connectivity index (χ3n) is 7.81. The van der Waals surface area contributed by atoms with E-state index in [9.17, 15) is 0 Å². The van der Waals surface area contributed by atoms with Gasteiger partial charge in [-0.3, -0.25) is 0 Å². The highest BCUT2D eigenvalue weighted by Crippen LogP contribution is 2.72. The maximum absolute atomic E-state index is 2.33. The number of hydrogen-bond donors (Lipinski definition) is 0. The van der Waals surface area contributed by atoms with Gasteiger partial charge in [0.05, 0.1) is 0 Å². The summed E-state index contributed by atoms with van der Waals surface area (Å²) >= 11 is 4.45. The number of benzene rings is 2. The van der Waals surface area contributed by atoms with Crippen LogP contribution in [0, 0.1) is 35.5 Å². The van der Waals surface area contributed by atoms with Crippen LogP contribution in [0.25, 0.3) is 0 Å². The van der Waals surface area contributed by atoms with Crippen molar-refractivity contribution in [3.8, 4) is 0 Å². The molecule has 26 heavy (non-hydrogen) atoms. The molecule has 0 N–H and O–H groups in total. The van der Waals surface area contributed by atoms with Gasteiger partial charge < -0.3 is 0 Å². The van der Waals surface area contributed by atoms with Crippen molar-refractivity contribution >= 4 is 23.5 Å². The Hall–Kier alpha value is -0.860. The van der Waals surface area contributed by atoms with Crippen LogP contribution in [-0.2, 0) is 0 Å². The van der Waals surface area contributed by atoms with E-state index in [1.165, 1.54) is 35.5 Å². The second kappa shape index (κ2) is 6.34. The van der Waals surface area contributed by atoms with Crippen LogP contribution in [0.1, 0.15) is 25.7 Å². The van der Waals surface area contributed by atoms with Gasteiger partial charge in [0.2, 0.25) is 0 Å². The standard InChI is InChI=1S/C24H26S2/c1-3-7-15(8-4-1)25-23-17-11-13-19-21(17)22-18(23)12-14-20(22)24(19)26-16-9-5-2-6-10-16/h1-10,17-24H,11-14H2/t17-,18-,19-,20+,21?,22?,23?,24?/m0/s1. The second-order valence-electron chi connectivity index (χ2n) is 8.76. The predicted molar refractivity (Wildman–Crippen MR) is 112 cm³/mol. The fourth-order valence-corrected chi connectivity index (χ4v) is 10.4. The summed E-state index contributed by atoms with van der Waals surface area (Å²) in [7, 11) is 0. The molecule has 0 heterocycles. The van der Waals surface area contributed by atoms with Crippen LogP contribution >= 0.6 is 23.5 Å². The second-order valence-corrected chi connectivity index (χ2v) is 11.3. The minimum atomic E-state index is 0.894. The summed E-state index contributed by atoms with van der Waals surface area (Å²) in [6, 6.07) is 22.4. The van der Waals surface area contributed by atoms with E-state index in [0.29, 0.717) is 0 Å². The summed E-state index contributed by atoms with van der Waals surface area (Å²) in [6.45, 7) is 0. The molecule has 0 amide bonds. The van der Waals surface area contributed by atoms with Crippen LogP contribution in [0.4, 0.5) is 0 Å². The normalized spacial score (nSPS) is 42.3. The molecule has 6 rings (SSSR count). The average molecular weight is 379 g/mol. The molecule has 0 aromatic heterocycles. The van der Waals surface area contributed by atoms with Gasteiger partial charge in [0.25, 0.3) is 0 Å². The van der Waals surface area contributed by atoms with E-state index >= 15 is 0 Å². The molecule has 2 heteroatoms. The lowest BCUT2D eigenvalue weighted by molar-refractivity contribution is 0.322. The predicted octanol–water partition coefficient (Wildman–Crippen LogP) is 6.62. The molecule has 4 fully saturated rings. The minimum Gasteiger partial charge on any atom is -0.122 e. The molecule has 0 spiro atoms. The first kappa shape index (κ1) is 16.1. The molecule has 2 aromatic carbocycles. The topological polar surface area (TPSA) is 0 Å². The minimum absolute atomic E-state index is 0.894. The molecule has 4 aliphatic carbocycles. The van der Waals surface area contributed by atoms with Gasteiger partial charge in [0.15, 0.2) is 0 Å². The largest absolute Gasteiger partial charge is 0.122 e. The van der Waals surface area contributed by atoms with Crippen molar-refractivity contribution in [1.29, 1.82) is 0 Å². The molecular weight excluding hydrogens is 352 g/mol. The van der Waals surface area contributed by atoms with Crippen LogP contribution in [0.2, 0.25) is 0 Å². The number of rotatable bonds is 4. The molecule has 4 aliphatic rings. The van der Waals surface area contributed by atoms with Crippen molar-refractivity contribution in [2.24, 2.45) is 35.5 Å². The monoisotopic (exact) mass is 378 g/mol. The zero-order valence-electron chi connectivity index (χ0n) is 15.0. The first-order valence-electron chi connectivity index (χ1n) is 10.3. The molecule has 0 nitrogen and oxygen atoms in total. The summed E-state index contributed by atoms with van der Waals surface area (Å²) < 4.78 is 0. The van der Waals surface area contributed by atoms with Gasteiger partial charge in [-0.2, -0.15) is 0 Å². The van der Waals surface area contributed by atoms with Crippen LogP contribution < -0.4 is 0 Å². The Labute approximate surface area is 165 Å². The highest BCUT2D eigenvalue weighted by Gasteiger charge is 2.67. The summed E-state index contributed by atoms with van der Waals surface area (Å²) in [5, 5.41) is 1.79. The fourth-order valence-electron chi connectivity index (χ4n) is 7.15. The van der Waals surface area contributed by atoms with E-state index in [1.54, 1.807) is 0 Å².